The first-order valence-electron chi connectivity index (χ1n) is 6.59. The summed E-state index contributed by atoms with van der Waals surface area (Å²) in [6.07, 6.45) is 1.41. The number of phenols is 1. The van der Waals surface area contributed by atoms with Crippen LogP contribution in [-0.2, 0) is 4.74 Å². The van der Waals surface area contributed by atoms with E-state index in [0.717, 1.165) is 0 Å². The molecular weight excluding hydrogens is 320 g/mol. The summed E-state index contributed by atoms with van der Waals surface area (Å²) in [5.74, 6) is 0.0585. The van der Waals surface area contributed by atoms with Crippen LogP contribution in [0.15, 0.2) is 47.1 Å². The molecule has 0 fully saturated rings. The number of ether oxygens (including phenoxy) is 1. The molecule has 0 saturated heterocycles. The predicted molar refractivity (Wildman–Crippen MR) is 83.2 cm³/mol. The Morgan fingerprint density at radius 2 is 2.04 bits per heavy atom. The highest BCUT2D eigenvalue weighted by Gasteiger charge is 2.13. The van der Waals surface area contributed by atoms with E-state index in [9.17, 15) is 9.90 Å². The molecule has 0 bridgehead atoms. The average Bonchev–Trinajstić information content (AvgIpc) is 3.04. The van der Waals surface area contributed by atoms with Crippen molar-refractivity contribution in [3.8, 4) is 28.5 Å². The minimum absolute atomic E-state index is 0.0681. The molecule has 3 aromatic rings. The van der Waals surface area contributed by atoms with Crippen molar-refractivity contribution >= 4 is 17.6 Å². The maximum Gasteiger partial charge on any atom is 0.339 e. The highest BCUT2D eigenvalue weighted by atomic mass is 35.5. The minimum atomic E-state index is -0.458. The lowest BCUT2D eigenvalue weighted by Crippen LogP contribution is -2.01. The normalized spacial score (nSPS) is 10.5. The fraction of sp³-hybridized carbons (Fsp3) is 0.0625. The van der Waals surface area contributed by atoms with Crippen LogP contribution in [0.5, 0.6) is 5.75 Å². The van der Waals surface area contributed by atoms with Gasteiger partial charge in [-0.2, -0.15) is 0 Å². The zero-order valence-electron chi connectivity index (χ0n) is 12.0. The van der Waals surface area contributed by atoms with Crippen LogP contribution in [0.1, 0.15) is 10.4 Å². The van der Waals surface area contributed by atoms with Crippen molar-refractivity contribution in [2.75, 3.05) is 7.11 Å². The van der Waals surface area contributed by atoms with E-state index in [1.807, 2.05) is 0 Å². The first-order valence-corrected chi connectivity index (χ1v) is 6.96. The molecule has 0 atom stereocenters. The van der Waals surface area contributed by atoms with Crippen LogP contribution in [0, 0.1) is 0 Å². The number of nitrogens with zero attached hydrogens (tertiary/aromatic N) is 2. The first-order chi connectivity index (χ1) is 11.1. The fourth-order valence-corrected chi connectivity index (χ4v) is 2.28. The number of pyridine rings is 1. The molecule has 0 aliphatic heterocycles. The summed E-state index contributed by atoms with van der Waals surface area (Å²) in [4.78, 5) is 15.5. The van der Waals surface area contributed by atoms with Gasteiger partial charge >= 0.3 is 5.97 Å². The van der Waals surface area contributed by atoms with Crippen LogP contribution in [0.25, 0.3) is 22.7 Å². The summed E-state index contributed by atoms with van der Waals surface area (Å²) in [7, 11) is 1.31. The number of esters is 1. The fourth-order valence-electron chi connectivity index (χ4n) is 2.01. The third kappa shape index (κ3) is 3.02. The molecule has 2 aromatic heterocycles. The summed E-state index contributed by atoms with van der Waals surface area (Å²) in [5, 5.41) is 13.7. The number of carbonyl (C=O) groups is 1. The Bertz CT molecular complexity index is 859. The maximum absolute atomic E-state index is 11.4. The van der Waals surface area contributed by atoms with Crippen molar-refractivity contribution in [2.45, 2.75) is 0 Å². The average molecular weight is 331 g/mol. The second-order valence-corrected chi connectivity index (χ2v) is 5.07. The largest absolute Gasteiger partial charge is 0.508 e. The van der Waals surface area contributed by atoms with E-state index in [-0.39, 0.29) is 5.75 Å². The van der Waals surface area contributed by atoms with Crippen LogP contribution >= 0.6 is 11.6 Å². The highest BCUT2D eigenvalue weighted by Crippen LogP contribution is 2.32. The molecule has 116 valence electrons. The molecule has 2 heterocycles. The molecule has 1 N–H and O–H groups in total. The van der Waals surface area contributed by atoms with E-state index >= 15 is 0 Å². The molecule has 23 heavy (non-hydrogen) atoms. The number of carbonyl (C=O) groups excluding carboxylic acids is 1. The number of aromatic hydroxyl groups is 1. The van der Waals surface area contributed by atoms with E-state index < -0.39 is 5.97 Å². The Hall–Kier alpha value is -2.86. The Balaban J connectivity index is 1.91. The van der Waals surface area contributed by atoms with Crippen LogP contribution < -0.4 is 0 Å². The number of rotatable bonds is 3. The monoisotopic (exact) mass is 330 g/mol. The molecule has 0 aliphatic carbocycles. The van der Waals surface area contributed by atoms with Crippen molar-refractivity contribution in [1.82, 2.24) is 10.1 Å². The smallest absolute Gasteiger partial charge is 0.339 e. The summed E-state index contributed by atoms with van der Waals surface area (Å²) >= 11 is 6.08. The van der Waals surface area contributed by atoms with Gasteiger partial charge < -0.3 is 14.4 Å². The summed E-state index contributed by atoms with van der Waals surface area (Å²) in [6, 6.07) is 9.48. The van der Waals surface area contributed by atoms with Crippen molar-refractivity contribution in [1.29, 1.82) is 0 Å². The molecule has 7 heteroatoms. The van der Waals surface area contributed by atoms with Crippen molar-refractivity contribution < 1.29 is 19.2 Å². The first kappa shape index (κ1) is 15.1. The van der Waals surface area contributed by atoms with Gasteiger partial charge in [0.25, 0.3) is 0 Å². The van der Waals surface area contributed by atoms with Gasteiger partial charge in [0.15, 0.2) is 5.76 Å². The van der Waals surface area contributed by atoms with Gasteiger partial charge in [-0.05, 0) is 30.3 Å². The molecule has 1 aromatic carbocycles. The molecule has 0 aliphatic rings. The number of halogens is 1. The number of aromatic nitrogens is 2. The Kier molecular flexibility index (Phi) is 3.99. The summed E-state index contributed by atoms with van der Waals surface area (Å²) in [5.41, 5.74) is 2.00. The number of methoxy groups -OCH3 is 1. The third-order valence-electron chi connectivity index (χ3n) is 3.18. The second-order valence-electron chi connectivity index (χ2n) is 4.66. The molecule has 0 spiro atoms. The lowest BCUT2D eigenvalue weighted by Gasteiger charge is -2.00. The van der Waals surface area contributed by atoms with Crippen LogP contribution in [-0.4, -0.2) is 28.3 Å². The molecule has 0 unspecified atom stereocenters. The molecular formula is C16H11ClN2O4. The minimum Gasteiger partial charge on any atom is -0.508 e. The van der Waals surface area contributed by atoms with Gasteiger partial charge in [0.05, 0.1) is 23.4 Å². The van der Waals surface area contributed by atoms with Gasteiger partial charge in [-0.3, -0.25) is 4.98 Å². The highest BCUT2D eigenvalue weighted by molar-refractivity contribution is 6.33. The van der Waals surface area contributed by atoms with Crippen LogP contribution in [0.4, 0.5) is 0 Å². The summed E-state index contributed by atoms with van der Waals surface area (Å²) < 4.78 is 9.90. The molecule has 6 nitrogen and oxygen atoms in total. The van der Waals surface area contributed by atoms with Gasteiger partial charge in [0.1, 0.15) is 11.4 Å². The molecule has 3 rings (SSSR count). The second kappa shape index (κ2) is 6.10. The summed E-state index contributed by atoms with van der Waals surface area (Å²) in [6.45, 7) is 0. The van der Waals surface area contributed by atoms with Crippen molar-refractivity contribution in [3.05, 3.63) is 53.2 Å². The van der Waals surface area contributed by atoms with Gasteiger partial charge in [0.2, 0.25) is 0 Å². The maximum atomic E-state index is 11.4. The van der Waals surface area contributed by atoms with Crippen molar-refractivity contribution in [2.24, 2.45) is 0 Å². The van der Waals surface area contributed by atoms with E-state index in [4.69, 9.17) is 16.1 Å². The molecule has 0 saturated carbocycles. The quantitative estimate of drug-likeness (QED) is 0.739. The number of phenolic OH excluding ortho intramolecular Hbond substituents is 1. The zero-order chi connectivity index (χ0) is 16.4. The lowest BCUT2D eigenvalue weighted by molar-refractivity contribution is 0.0600. The topological polar surface area (TPSA) is 85.5 Å². The van der Waals surface area contributed by atoms with E-state index in [1.165, 1.54) is 25.4 Å². The van der Waals surface area contributed by atoms with Gasteiger partial charge in [-0.15, -0.1) is 0 Å². The standard InChI is InChI=1S/C16H11ClN2O4/c1-22-16(21)9-2-5-13(18-8-9)14-7-15(23-19-14)11-4-3-10(20)6-12(11)17/h2-8,20H,1H3. The lowest BCUT2D eigenvalue weighted by atomic mass is 10.1. The number of hydrogen-bond donors (Lipinski definition) is 1. The predicted octanol–water partition coefficient (Wildman–Crippen LogP) is 3.55. The van der Waals surface area contributed by atoms with E-state index in [1.54, 1.807) is 24.3 Å². The molecule has 0 amide bonds. The SMILES string of the molecule is COC(=O)c1ccc(-c2cc(-c3ccc(O)cc3Cl)on2)nc1. The number of hydrogen-bond acceptors (Lipinski definition) is 6. The van der Waals surface area contributed by atoms with Gasteiger partial charge in [-0.25, -0.2) is 4.79 Å². The Morgan fingerprint density at radius 1 is 1.22 bits per heavy atom. The van der Waals surface area contributed by atoms with Gasteiger partial charge in [-0.1, -0.05) is 16.8 Å². The number of benzene rings is 1. The van der Waals surface area contributed by atoms with Crippen molar-refractivity contribution in [3.63, 3.8) is 0 Å². The van der Waals surface area contributed by atoms with Gasteiger partial charge in [0, 0.05) is 17.8 Å². The zero-order valence-corrected chi connectivity index (χ0v) is 12.7. The molecule has 0 radical (unpaired) electrons. The van der Waals surface area contributed by atoms with E-state index in [0.29, 0.717) is 33.3 Å². The third-order valence-corrected chi connectivity index (χ3v) is 3.49. The van der Waals surface area contributed by atoms with Crippen LogP contribution in [0.2, 0.25) is 5.02 Å². The van der Waals surface area contributed by atoms with E-state index in [2.05, 4.69) is 14.9 Å². The Labute approximate surface area is 136 Å². The Morgan fingerprint density at radius 3 is 2.70 bits per heavy atom. The van der Waals surface area contributed by atoms with Crippen LogP contribution in [0.3, 0.4) is 0 Å².